The molecule has 6 heteroatoms. The molecule has 0 N–H and O–H groups in total. The molecule has 0 amide bonds. The predicted molar refractivity (Wildman–Crippen MR) is 62.9 cm³/mol. The van der Waals surface area contributed by atoms with Gasteiger partial charge in [-0.05, 0) is 20.3 Å². The standard InChI is InChI=1S/C12H17N3O3/c1-7(2)15-6-10(13-14-15)8-4-9(8)11(16)5-12(17)18-3/h6-9H,4-5H2,1-3H3/t8-,9-/m1/s1. The number of rotatable bonds is 5. The van der Waals surface area contributed by atoms with E-state index in [1.165, 1.54) is 7.11 Å². The van der Waals surface area contributed by atoms with E-state index in [0.29, 0.717) is 0 Å². The lowest BCUT2D eigenvalue weighted by Crippen LogP contribution is -2.11. The summed E-state index contributed by atoms with van der Waals surface area (Å²) in [6.07, 6.45) is 2.49. The van der Waals surface area contributed by atoms with Crippen molar-refractivity contribution in [3.63, 3.8) is 0 Å². The molecule has 2 atom stereocenters. The van der Waals surface area contributed by atoms with Crippen LogP contribution in [0.5, 0.6) is 0 Å². The van der Waals surface area contributed by atoms with Gasteiger partial charge in [-0.15, -0.1) is 5.10 Å². The molecule has 0 bridgehead atoms. The minimum atomic E-state index is -0.475. The minimum Gasteiger partial charge on any atom is -0.469 e. The summed E-state index contributed by atoms with van der Waals surface area (Å²) in [5, 5.41) is 8.09. The lowest BCUT2D eigenvalue weighted by atomic mass is 10.1. The quantitative estimate of drug-likeness (QED) is 0.578. The van der Waals surface area contributed by atoms with Gasteiger partial charge in [0.15, 0.2) is 0 Å². The van der Waals surface area contributed by atoms with Gasteiger partial charge in [0.25, 0.3) is 0 Å². The second-order valence-corrected chi connectivity index (χ2v) is 4.89. The Morgan fingerprint density at radius 2 is 2.28 bits per heavy atom. The molecule has 1 aliphatic rings. The number of carbonyl (C=O) groups excluding carboxylic acids is 2. The Morgan fingerprint density at radius 1 is 1.56 bits per heavy atom. The smallest absolute Gasteiger partial charge is 0.313 e. The SMILES string of the molecule is COC(=O)CC(=O)[C@@H]1C[C@H]1c1cn(C(C)C)nn1. The van der Waals surface area contributed by atoms with Crippen molar-refractivity contribution in [1.29, 1.82) is 0 Å². The van der Waals surface area contributed by atoms with Crippen LogP contribution in [-0.2, 0) is 14.3 Å². The molecule has 0 aliphatic heterocycles. The number of ketones is 1. The summed E-state index contributed by atoms with van der Waals surface area (Å²) in [5.41, 5.74) is 0.840. The Hall–Kier alpha value is -1.72. The Balaban J connectivity index is 1.94. The van der Waals surface area contributed by atoms with E-state index in [0.717, 1.165) is 12.1 Å². The monoisotopic (exact) mass is 251 g/mol. The summed E-state index contributed by atoms with van der Waals surface area (Å²) in [7, 11) is 1.29. The number of nitrogens with zero attached hydrogens (tertiary/aromatic N) is 3. The average molecular weight is 251 g/mol. The zero-order valence-corrected chi connectivity index (χ0v) is 10.8. The molecule has 0 unspecified atom stereocenters. The van der Waals surface area contributed by atoms with E-state index in [4.69, 9.17) is 0 Å². The second kappa shape index (κ2) is 4.88. The molecule has 2 rings (SSSR count). The third-order valence-corrected chi connectivity index (χ3v) is 3.19. The number of carbonyl (C=O) groups is 2. The Morgan fingerprint density at radius 3 is 2.83 bits per heavy atom. The lowest BCUT2D eigenvalue weighted by molar-refractivity contribution is -0.143. The molecule has 1 fully saturated rings. The van der Waals surface area contributed by atoms with Crippen LogP contribution in [0.3, 0.4) is 0 Å². The fourth-order valence-corrected chi connectivity index (χ4v) is 1.94. The first kappa shape index (κ1) is 12.7. The van der Waals surface area contributed by atoms with Gasteiger partial charge in [-0.1, -0.05) is 5.21 Å². The number of hydrogen-bond acceptors (Lipinski definition) is 5. The Labute approximate surface area is 105 Å². The van der Waals surface area contributed by atoms with E-state index in [1.54, 1.807) is 4.68 Å². The highest BCUT2D eigenvalue weighted by molar-refractivity contribution is 5.98. The van der Waals surface area contributed by atoms with E-state index >= 15 is 0 Å². The van der Waals surface area contributed by atoms with Crippen molar-refractivity contribution in [2.45, 2.75) is 38.6 Å². The van der Waals surface area contributed by atoms with Gasteiger partial charge in [0.2, 0.25) is 0 Å². The van der Waals surface area contributed by atoms with Gasteiger partial charge >= 0.3 is 5.97 Å². The predicted octanol–water partition coefficient (Wildman–Crippen LogP) is 1.09. The van der Waals surface area contributed by atoms with Crippen molar-refractivity contribution in [2.24, 2.45) is 5.92 Å². The zero-order valence-electron chi connectivity index (χ0n) is 10.8. The molecular weight excluding hydrogens is 234 g/mol. The molecule has 0 aromatic carbocycles. The second-order valence-electron chi connectivity index (χ2n) is 4.89. The van der Waals surface area contributed by atoms with E-state index < -0.39 is 5.97 Å². The molecule has 1 aromatic heterocycles. The summed E-state index contributed by atoms with van der Waals surface area (Å²) >= 11 is 0. The highest BCUT2D eigenvalue weighted by Crippen LogP contribution is 2.47. The lowest BCUT2D eigenvalue weighted by Gasteiger charge is -2.01. The fourth-order valence-electron chi connectivity index (χ4n) is 1.94. The van der Waals surface area contributed by atoms with Gasteiger partial charge in [-0.25, -0.2) is 4.68 Å². The van der Waals surface area contributed by atoms with Crippen LogP contribution < -0.4 is 0 Å². The van der Waals surface area contributed by atoms with Crippen molar-refractivity contribution < 1.29 is 14.3 Å². The highest BCUT2D eigenvalue weighted by Gasteiger charge is 2.45. The summed E-state index contributed by atoms with van der Waals surface area (Å²) in [6.45, 7) is 4.04. The molecule has 0 saturated heterocycles. The maximum absolute atomic E-state index is 11.7. The van der Waals surface area contributed by atoms with Crippen LogP contribution in [0.1, 0.15) is 44.3 Å². The fraction of sp³-hybridized carbons (Fsp3) is 0.667. The largest absolute Gasteiger partial charge is 0.469 e. The van der Waals surface area contributed by atoms with Gasteiger partial charge < -0.3 is 4.74 Å². The van der Waals surface area contributed by atoms with E-state index in [9.17, 15) is 9.59 Å². The maximum Gasteiger partial charge on any atom is 0.313 e. The highest BCUT2D eigenvalue weighted by atomic mass is 16.5. The normalized spacial score (nSPS) is 22.0. The van der Waals surface area contributed by atoms with Crippen LogP contribution in [-0.4, -0.2) is 33.9 Å². The van der Waals surface area contributed by atoms with Gasteiger partial charge in [0, 0.05) is 24.1 Å². The van der Waals surface area contributed by atoms with Gasteiger partial charge in [0.05, 0.1) is 12.8 Å². The first-order chi connectivity index (χ1) is 8.52. The van der Waals surface area contributed by atoms with E-state index in [1.807, 2.05) is 20.0 Å². The Kier molecular flexibility index (Phi) is 3.45. The molecule has 1 aliphatic carbocycles. The molecule has 98 valence electrons. The first-order valence-corrected chi connectivity index (χ1v) is 6.04. The number of esters is 1. The maximum atomic E-state index is 11.7. The van der Waals surface area contributed by atoms with Gasteiger partial charge in [-0.3, -0.25) is 9.59 Å². The molecule has 0 spiro atoms. The molecule has 0 radical (unpaired) electrons. The van der Waals surface area contributed by atoms with Crippen LogP contribution in [0.4, 0.5) is 0 Å². The van der Waals surface area contributed by atoms with E-state index in [-0.39, 0.29) is 30.1 Å². The minimum absolute atomic E-state index is 0.0639. The van der Waals surface area contributed by atoms with Gasteiger partial charge in [-0.2, -0.15) is 0 Å². The zero-order chi connectivity index (χ0) is 13.3. The van der Waals surface area contributed by atoms with Crippen LogP contribution >= 0.6 is 0 Å². The summed E-state index contributed by atoms with van der Waals surface area (Å²) in [5.74, 6) is -0.515. The molecule has 1 aromatic rings. The van der Waals surface area contributed by atoms with Crippen molar-refractivity contribution in [3.05, 3.63) is 11.9 Å². The molecule has 1 saturated carbocycles. The topological polar surface area (TPSA) is 74.1 Å². The number of hydrogen-bond donors (Lipinski definition) is 0. The number of aromatic nitrogens is 3. The van der Waals surface area contributed by atoms with Crippen LogP contribution in [0, 0.1) is 5.92 Å². The third kappa shape index (κ3) is 2.57. The van der Waals surface area contributed by atoms with Crippen LogP contribution in [0.25, 0.3) is 0 Å². The third-order valence-electron chi connectivity index (χ3n) is 3.19. The molecule has 6 nitrogen and oxygen atoms in total. The van der Waals surface area contributed by atoms with Crippen LogP contribution in [0.15, 0.2) is 6.20 Å². The Bertz CT molecular complexity index is 467. The van der Waals surface area contributed by atoms with Crippen molar-refractivity contribution >= 4 is 11.8 Å². The number of methoxy groups -OCH3 is 1. The van der Waals surface area contributed by atoms with Crippen molar-refractivity contribution in [1.82, 2.24) is 15.0 Å². The number of Topliss-reactive ketones (excluding diaryl/α,β-unsaturated/α-hetero) is 1. The molecular formula is C12H17N3O3. The van der Waals surface area contributed by atoms with Crippen molar-refractivity contribution in [2.75, 3.05) is 7.11 Å². The molecule has 18 heavy (non-hydrogen) atoms. The van der Waals surface area contributed by atoms with Gasteiger partial charge in [0.1, 0.15) is 12.2 Å². The summed E-state index contributed by atoms with van der Waals surface area (Å²) in [4.78, 5) is 22.8. The first-order valence-electron chi connectivity index (χ1n) is 6.04. The van der Waals surface area contributed by atoms with Crippen LogP contribution in [0.2, 0.25) is 0 Å². The average Bonchev–Trinajstić information content (AvgIpc) is 2.98. The van der Waals surface area contributed by atoms with E-state index in [2.05, 4.69) is 15.0 Å². The summed E-state index contributed by atoms with van der Waals surface area (Å²) in [6, 6.07) is 0.259. The summed E-state index contributed by atoms with van der Waals surface area (Å²) < 4.78 is 6.26. The molecule has 1 heterocycles. The van der Waals surface area contributed by atoms with Crippen molar-refractivity contribution in [3.8, 4) is 0 Å². The number of ether oxygens (including phenoxy) is 1.